The highest BCUT2D eigenvalue weighted by molar-refractivity contribution is 7.84. The Balaban J connectivity index is 1.69. The highest BCUT2D eigenvalue weighted by Crippen LogP contribution is 2.29. The normalized spacial score (nSPS) is 12.2. The van der Waals surface area contributed by atoms with Crippen LogP contribution >= 0.6 is 0 Å². The van der Waals surface area contributed by atoms with Crippen molar-refractivity contribution in [2.24, 2.45) is 0 Å². The maximum atomic E-state index is 13.3. The lowest BCUT2D eigenvalue weighted by atomic mass is 10.1. The number of fused-ring (bicyclic) bond motifs is 2. The molecule has 196 valence electrons. The SMILES string of the molecule is CCCCCCCCCCCCOc1cc(S(C)=O)c2oc3ccc(C(=O)OCC)cc3c(=O)c2c1. The van der Waals surface area contributed by atoms with Gasteiger partial charge in [-0.3, -0.25) is 9.00 Å². The number of unbranched alkanes of at least 4 members (excludes halogenated alkanes) is 9. The fourth-order valence-corrected chi connectivity index (χ4v) is 5.01. The van der Waals surface area contributed by atoms with Gasteiger partial charge in [-0.05, 0) is 37.6 Å². The molecule has 36 heavy (non-hydrogen) atoms. The number of esters is 1. The highest BCUT2D eigenvalue weighted by Gasteiger charge is 2.17. The van der Waals surface area contributed by atoms with Gasteiger partial charge >= 0.3 is 5.97 Å². The summed E-state index contributed by atoms with van der Waals surface area (Å²) in [5, 5.41) is 0.557. The minimum Gasteiger partial charge on any atom is -0.494 e. The molecule has 3 rings (SSSR count). The summed E-state index contributed by atoms with van der Waals surface area (Å²) >= 11 is 0. The number of hydrogen-bond donors (Lipinski definition) is 0. The maximum absolute atomic E-state index is 13.3. The van der Waals surface area contributed by atoms with Crippen LogP contribution in [0.15, 0.2) is 44.4 Å². The van der Waals surface area contributed by atoms with Gasteiger partial charge in [0, 0.05) is 12.3 Å². The first-order valence-electron chi connectivity index (χ1n) is 13.1. The Morgan fingerprint density at radius 1 is 0.889 bits per heavy atom. The van der Waals surface area contributed by atoms with Gasteiger partial charge in [0.05, 0.1) is 45.2 Å². The molecule has 0 aliphatic rings. The predicted octanol–water partition coefficient (Wildman–Crippen LogP) is 7.16. The van der Waals surface area contributed by atoms with Crippen LogP contribution in [0, 0.1) is 0 Å². The van der Waals surface area contributed by atoms with E-state index >= 15 is 0 Å². The predicted molar refractivity (Wildman–Crippen MR) is 146 cm³/mol. The Hall–Kier alpha value is -2.67. The molecule has 0 saturated carbocycles. The van der Waals surface area contributed by atoms with Crippen LogP contribution in [-0.4, -0.2) is 29.6 Å². The van der Waals surface area contributed by atoms with Crippen molar-refractivity contribution in [1.29, 1.82) is 0 Å². The van der Waals surface area contributed by atoms with Gasteiger partial charge in [0.2, 0.25) is 5.43 Å². The lowest BCUT2D eigenvalue weighted by Gasteiger charge is -2.11. The fraction of sp³-hybridized carbons (Fsp3) is 0.517. The van der Waals surface area contributed by atoms with Crippen LogP contribution < -0.4 is 10.2 Å². The third-order valence-electron chi connectivity index (χ3n) is 6.30. The molecule has 1 heterocycles. The Labute approximate surface area is 215 Å². The number of hydrogen-bond acceptors (Lipinski definition) is 6. The van der Waals surface area contributed by atoms with Crippen LogP contribution in [0.1, 0.15) is 88.4 Å². The van der Waals surface area contributed by atoms with Crippen LogP contribution in [0.5, 0.6) is 5.75 Å². The van der Waals surface area contributed by atoms with E-state index in [1.54, 1.807) is 37.4 Å². The summed E-state index contributed by atoms with van der Waals surface area (Å²) in [4.78, 5) is 25.9. The summed E-state index contributed by atoms with van der Waals surface area (Å²) in [6.45, 7) is 4.74. The van der Waals surface area contributed by atoms with Crippen molar-refractivity contribution in [2.45, 2.75) is 83.0 Å². The number of carbonyl (C=O) groups excluding carboxylic acids is 1. The summed E-state index contributed by atoms with van der Waals surface area (Å²) in [6, 6.07) is 7.95. The van der Waals surface area contributed by atoms with Crippen molar-refractivity contribution >= 4 is 38.7 Å². The lowest BCUT2D eigenvalue weighted by molar-refractivity contribution is 0.0526. The summed E-state index contributed by atoms with van der Waals surface area (Å²) in [5.74, 6) is -0.000327. The van der Waals surface area contributed by atoms with Crippen LogP contribution in [0.25, 0.3) is 21.9 Å². The number of carbonyl (C=O) groups is 1. The molecule has 6 nitrogen and oxygen atoms in total. The quantitative estimate of drug-likeness (QED) is 0.122. The van der Waals surface area contributed by atoms with E-state index in [0.717, 1.165) is 12.8 Å². The number of ether oxygens (including phenoxy) is 2. The lowest BCUT2D eigenvalue weighted by Crippen LogP contribution is -2.08. The molecule has 0 fully saturated rings. The summed E-state index contributed by atoms with van der Waals surface area (Å²) in [5.41, 5.74) is 0.590. The molecule has 1 aromatic heterocycles. The van der Waals surface area contributed by atoms with E-state index in [-0.39, 0.29) is 34.0 Å². The van der Waals surface area contributed by atoms with Gasteiger partial charge < -0.3 is 13.9 Å². The molecular formula is C29H38O6S. The van der Waals surface area contributed by atoms with Gasteiger partial charge in [-0.15, -0.1) is 0 Å². The molecule has 0 radical (unpaired) electrons. The largest absolute Gasteiger partial charge is 0.494 e. The Morgan fingerprint density at radius 3 is 2.19 bits per heavy atom. The van der Waals surface area contributed by atoms with Crippen LogP contribution in [0.2, 0.25) is 0 Å². The number of benzene rings is 2. The first-order valence-corrected chi connectivity index (χ1v) is 14.7. The molecule has 0 amide bonds. The molecule has 0 bridgehead atoms. The highest BCUT2D eigenvalue weighted by atomic mass is 32.2. The molecule has 0 spiro atoms. The van der Waals surface area contributed by atoms with Gasteiger partial charge in [-0.2, -0.15) is 0 Å². The third-order valence-corrected chi connectivity index (χ3v) is 7.22. The topological polar surface area (TPSA) is 82.8 Å². The van der Waals surface area contributed by atoms with E-state index in [9.17, 15) is 13.8 Å². The Kier molecular flexibility index (Phi) is 11.0. The molecule has 0 saturated heterocycles. The van der Waals surface area contributed by atoms with Gasteiger partial charge in [0.25, 0.3) is 0 Å². The van der Waals surface area contributed by atoms with Crippen molar-refractivity contribution in [2.75, 3.05) is 19.5 Å². The van der Waals surface area contributed by atoms with E-state index in [4.69, 9.17) is 13.9 Å². The minimum atomic E-state index is -1.38. The van der Waals surface area contributed by atoms with E-state index in [2.05, 4.69) is 6.92 Å². The van der Waals surface area contributed by atoms with Crippen LogP contribution in [0.4, 0.5) is 0 Å². The average molecular weight is 515 g/mol. The van der Waals surface area contributed by atoms with E-state index in [0.29, 0.717) is 22.8 Å². The standard InChI is InChI=1S/C29H38O6S/c1-4-6-7-8-9-10-11-12-13-14-17-34-22-19-24-27(30)23-18-21(29(31)33-5-2)15-16-25(23)35-28(24)26(20-22)36(3)32/h15-16,18-20H,4-14,17H2,1-3H3. The van der Waals surface area contributed by atoms with Crippen molar-refractivity contribution in [3.8, 4) is 5.75 Å². The Morgan fingerprint density at radius 2 is 1.56 bits per heavy atom. The fourth-order valence-electron chi connectivity index (χ4n) is 4.32. The van der Waals surface area contributed by atoms with Gasteiger partial charge in [-0.25, -0.2) is 4.79 Å². The van der Waals surface area contributed by atoms with Gasteiger partial charge in [0.1, 0.15) is 11.3 Å². The maximum Gasteiger partial charge on any atom is 0.338 e. The van der Waals surface area contributed by atoms with Crippen LogP contribution in [-0.2, 0) is 15.5 Å². The van der Waals surface area contributed by atoms with E-state index in [1.165, 1.54) is 57.4 Å². The summed E-state index contributed by atoms with van der Waals surface area (Å²) < 4.78 is 29.4. The first-order chi connectivity index (χ1) is 17.5. The zero-order chi connectivity index (χ0) is 25.9. The molecule has 0 aliphatic carbocycles. The van der Waals surface area contributed by atoms with Gasteiger partial charge in [0.15, 0.2) is 5.58 Å². The van der Waals surface area contributed by atoms with Crippen LogP contribution in [0.3, 0.4) is 0 Å². The van der Waals surface area contributed by atoms with Gasteiger partial charge in [-0.1, -0.05) is 64.7 Å². The average Bonchev–Trinajstić information content (AvgIpc) is 2.87. The second-order valence-corrected chi connectivity index (χ2v) is 10.5. The molecule has 7 heteroatoms. The second kappa shape index (κ2) is 14.2. The smallest absolute Gasteiger partial charge is 0.338 e. The van der Waals surface area contributed by atoms with E-state index in [1.807, 2.05) is 0 Å². The van der Waals surface area contributed by atoms with Crippen molar-refractivity contribution in [3.63, 3.8) is 0 Å². The molecule has 0 N–H and O–H groups in total. The third kappa shape index (κ3) is 7.42. The molecule has 3 aromatic rings. The van der Waals surface area contributed by atoms with Crippen molar-refractivity contribution in [1.82, 2.24) is 0 Å². The zero-order valence-corrected chi connectivity index (χ0v) is 22.5. The van der Waals surface area contributed by atoms with E-state index < -0.39 is 16.8 Å². The minimum absolute atomic E-state index is 0.245. The molecule has 1 atom stereocenters. The van der Waals surface area contributed by atoms with Crippen molar-refractivity contribution in [3.05, 3.63) is 46.1 Å². The second-order valence-electron chi connectivity index (χ2n) is 9.15. The molecule has 0 aliphatic heterocycles. The molecule has 1 unspecified atom stereocenters. The monoisotopic (exact) mass is 514 g/mol. The summed E-state index contributed by atoms with van der Waals surface area (Å²) in [6.07, 6.45) is 13.9. The number of rotatable bonds is 15. The summed E-state index contributed by atoms with van der Waals surface area (Å²) in [7, 11) is -1.38. The molecule has 2 aromatic carbocycles. The first kappa shape index (κ1) is 27.9. The van der Waals surface area contributed by atoms with Crippen molar-refractivity contribution < 1.29 is 22.9 Å². The molecular weight excluding hydrogens is 476 g/mol. The zero-order valence-electron chi connectivity index (χ0n) is 21.7. The Bertz CT molecular complexity index is 1250.